The lowest BCUT2D eigenvalue weighted by Crippen LogP contribution is -2.33. The summed E-state index contributed by atoms with van der Waals surface area (Å²) < 4.78 is 84.4. The molecule has 0 aromatic heterocycles. The Kier molecular flexibility index (Phi) is 7.37. The van der Waals surface area contributed by atoms with E-state index in [9.17, 15) is 30.8 Å². The number of hydrogen-bond donors (Lipinski definition) is 0. The number of carbonyl (C=O) groups is 1. The van der Waals surface area contributed by atoms with Gasteiger partial charge in [-0.2, -0.15) is 17.5 Å². The van der Waals surface area contributed by atoms with Crippen molar-refractivity contribution in [2.75, 3.05) is 13.2 Å². The van der Waals surface area contributed by atoms with Crippen molar-refractivity contribution in [1.29, 1.82) is 0 Å². The zero-order chi connectivity index (χ0) is 21.7. The summed E-state index contributed by atoms with van der Waals surface area (Å²) >= 11 is 0. The highest BCUT2D eigenvalue weighted by molar-refractivity contribution is 7.89. The number of esters is 1. The van der Waals surface area contributed by atoms with Gasteiger partial charge >= 0.3 is 12.1 Å². The van der Waals surface area contributed by atoms with Crippen LogP contribution in [0.2, 0.25) is 0 Å². The first-order chi connectivity index (χ1) is 13.6. The van der Waals surface area contributed by atoms with Gasteiger partial charge in [-0.3, -0.25) is 4.79 Å². The van der Waals surface area contributed by atoms with Crippen LogP contribution in [0.4, 0.5) is 17.6 Å². The first-order valence-corrected chi connectivity index (χ1v) is 10.1. The third-order valence-electron chi connectivity index (χ3n) is 3.97. The number of nitrogens with zero attached hydrogens (tertiary/aromatic N) is 1. The van der Waals surface area contributed by atoms with Gasteiger partial charge in [0.2, 0.25) is 10.0 Å². The summed E-state index contributed by atoms with van der Waals surface area (Å²) in [5.74, 6) is -1.35. The van der Waals surface area contributed by atoms with E-state index in [1.165, 1.54) is 18.2 Å². The van der Waals surface area contributed by atoms with Gasteiger partial charge in [-0.15, -0.1) is 0 Å². The molecular formula is C19H19F4NO4S. The molecule has 0 radical (unpaired) electrons. The molecule has 0 aliphatic rings. The normalized spacial score (nSPS) is 12.2. The second kappa shape index (κ2) is 9.36. The molecule has 0 amide bonds. The number of ether oxygens (including phenoxy) is 1. The Morgan fingerprint density at radius 3 is 2.41 bits per heavy atom. The molecule has 29 heavy (non-hydrogen) atoms. The van der Waals surface area contributed by atoms with Gasteiger partial charge in [0.25, 0.3) is 0 Å². The van der Waals surface area contributed by atoms with Gasteiger partial charge in [-0.05, 0) is 31.2 Å². The Morgan fingerprint density at radius 2 is 1.79 bits per heavy atom. The lowest BCUT2D eigenvalue weighted by molar-refractivity contribution is -0.143. The van der Waals surface area contributed by atoms with Crippen LogP contribution < -0.4 is 0 Å². The number of halogens is 4. The zero-order valence-corrected chi connectivity index (χ0v) is 16.3. The Labute approximate surface area is 166 Å². The molecule has 0 heterocycles. The second-order valence-electron chi connectivity index (χ2n) is 6.01. The van der Waals surface area contributed by atoms with Crippen molar-refractivity contribution in [3.63, 3.8) is 0 Å². The van der Waals surface area contributed by atoms with Gasteiger partial charge in [-0.1, -0.05) is 24.3 Å². The highest BCUT2D eigenvalue weighted by Crippen LogP contribution is 2.31. The first kappa shape index (κ1) is 22.8. The smallest absolute Gasteiger partial charge is 0.416 e. The monoisotopic (exact) mass is 433 g/mol. The number of hydrogen-bond acceptors (Lipinski definition) is 4. The largest absolute Gasteiger partial charge is 0.466 e. The van der Waals surface area contributed by atoms with E-state index in [1.54, 1.807) is 6.92 Å². The number of benzene rings is 2. The van der Waals surface area contributed by atoms with Crippen molar-refractivity contribution in [1.82, 2.24) is 4.31 Å². The maximum absolute atomic E-state index is 14.0. The maximum atomic E-state index is 14.0. The molecule has 0 aliphatic carbocycles. The van der Waals surface area contributed by atoms with E-state index in [0.717, 1.165) is 28.6 Å². The van der Waals surface area contributed by atoms with E-state index in [4.69, 9.17) is 4.74 Å². The van der Waals surface area contributed by atoms with Gasteiger partial charge in [0.05, 0.1) is 23.5 Å². The lowest BCUT2D eigenvalue weighted by atomic mass is 10.2. The summed E-state index contributed by atoms with van der Waals surface area (Å²) in [5.41, 5.74) is -1.11. The van der Waals surface area contributed by atoms with E-state index in [-0.39, 0.29) is 25.1 Å². The highest BCUT2D eigenvalue weighted by Gasteiger charge is 2.33. The SMILES string of the molecule is CCOC(=O)CCN(Cc1ccccc1F)S(=O)(=O)c1cccc(C(F)(F)F)c1. The van der Waals surface area contributed by atoms with E-state index in [2.05, 4.69) is 0 Å². The van der Waals surface area contributed by atoms with Crippen molar-refractivity contribution in [3.8, 4) is 0 Å². The molecule has 0 aliphatic heterocycles. The van der Waals surface area contributed by atoms with E-state index >= 15 is 0 Å². The van der Waals surface area contributed by atoms with Crippen LogP contribution in [-0.2, 0) is 32.3 Å². The molecule has 0 fully saturated rings. The second-order valence-corrected chi connectivity index (χ2v) is 7.95. The minimum absolute atomic E-state index is 0.0203. The number of alkyl halides is 3. The molecule has 2 rings (SSSR count). The van der Waals surface area contributed by atoms with Crippen molar-refractivity contribution >= 4 is 16.0 Å². The topological polar surface area (TPSA) is 63.7 Å². The quantitative estimate of drug-likeness (QED) is 0.467. The van der Waals surface area contributed by atoms with E-state index in [1.807, 2.05) is 0 Å². The molecule has 0 spiro atoms. The van der Waals surface area contributed by atoms with Gasteiger partial charge in [0, 0.05) is 18.7 Å². The molecule has 158 valence electrons. The minimum Gasteiger partial charge on any atom is -0.466 e. The van der Waals surface area contributed by atoms with Crippen molar-refractivity contribution in [3.05, 3.63) is 65.5 Å². The third kappa shape index (κ3) is 6.01. The van der Waals surface area contributed by atoms with Crippen LogP contribution in [0.5, 0.6) is 0 Å². The van der Waals surface area contributed by atoms with E-state index < -0.39 is 45.0 Å². The van der Waals surface area contributed by atoms with Crippen LogP contribution in [-0.4, -0.2) is 31.8 Å². The molecule has 0 atom stereocenters. The van der Waals surface area contributed by atoms with Crippen molar-refractivity contribution < 1.29 is 35.5 Å². The summed E-state index contributed by atoms with van der Waals surface area (Å²) in [6, 6.07) is 8.66. The van der Waals surface area contributed by atoms with Gasteiger partial charge in [0.15, 0.2) is 0 Å². The number of rotatable bonds is 8. The fraction of sp³-hybridized carbons (Fsp3) is 0.316. The lowest BCUT2D eigenvalue weighted by Gasteiger charge is -2.23. The molecular weight excluding hydrogens is 414 g/mol. The summed E-state index contributed by atoms with van der Waals surface area (Å²) in [6.45, 7) is 0.831. The highest BCUT2D eigenvalue weighted by atomic mass is 32.2. The van der Waals surface area contributed by atoms with Gasteiger partial charge in [0.1, 0.15) is 5.82 Å². The molecule has 0 unspecified atom stereocenters. The Bertz CT molecular complexity index is 961. The molecule has 0 N–H and O–H groups in total. The van der Waals surface area contributed by atoms with Crippen LogP contribution >= 0.6 is 0 Å². The number of carbonyl (C=O) groups excluding carboxylic acids is 1. The van der Waals surface area contributed by atoms with Crippen LogP contribution in [0.25, 0.3) is 0 Å². The molecule has 5 nitrogen and oxygen atoms in total. The van der Waals surface area contributed by atoms with Crippen LogP contribution in [0.3, 0.4) is 0 Å². The maximum Gasteiger partial charge on any atom is 0.416 e. The predicted octanol–water partition coefficient (Wildman–Crippen LogP) is 3.99. The van der Waals surface area contributed by atoms with Gasteiger partial charge < -0.3 is 4.74 Å². The molecule has 2 aromatic rings. The van der Waals surface area contributed by atoms with Crippen LogP contribution in [0, 0.1) is 5.82 Å². The standard InChI is InChI=1S/C19H19F4NO4S/c1-2-28-18(25)10-11-24(13-14-6-3-4-9-17(14)20)29(26,27)16-8-5-7-15(12-16)19(21,22)23/h3-9,12H,2,10-11,13H2,1H3. The van der Waals surface area contributed by atoms with E-state index in [0.29, 0.717) is 6.07 Å². The zero-order valence-electron chi connectivity index (χ0n) is 15.4. The predicted molar refractivity (Wildman–Crippen MR) is 96.7 cm³/mol. The summed E-state index contributed by atoms with van der Waals surface area (Å²) in [5, 5.41) is 0. The fourth-order valence-corrected chi connectivity index (χ4v) is 4.00. The Morgan fingerprint density at radius 1 is 1.10 bits per heavy atom. The molecule has 10 heteroatoms. The minimum atomic E-state index is -4.73. The van der Waals surface area contributed by atoms with Crippen LogP contribution in [0.1, 0.15) is 24.5 Å². The average molecular weight is 433 g/mol. The third-order valence-corrected chi connectivity index (χ3v) is 5.82. The summed E-state index contributed by atoms with van der Waals surface area (Å²) in [7, 11) is -4.45. The molecule has 2 aromatic carbocycles. The summed E-state index contributed by atoms with van der Waals surface area (Å²) in [4.78, 5) is 11.0. The first-order valence-electron chi connectivity index (χ1n) is 8.62. The van der Waals surface area contributed by atoms with Crippen molar-refractivity contribution in [2.24, 2.45) is 0 Å². The van der Waals surface area contributed by atoms with Gasteiger partial charge in [-0.25, -0.2) is 12.8 Å². The Hall–Kier alpha value is -2.46. The Balaban J connectivity index is 2.40. The van der Waals surface area contributed by atoms with Crippen molar-refractivity contribution in [2.45, 2.75) is 31.0 Å². The summed E-state index contributed by atoms with van der Waals surface area (Å²) in [6.07, 6.45) is -5.06. The fourth-order valence-electron chi connectivity index (χ4n) is 2.53. The molecule has 0 saturated heterocycles. The molecule has 0 saturated carbocycles. The molecule has 0 bridgehead atoms. The number of sulfonamides is 1. The van der Waals surface area contributed by atoms with Crippen LogP contribution in [0.15, 0.2) is 53.4 Å². The average Bonchev–Trinajstić information content (AvgIpc) is 2.66.